The summed E-state index contributed by atoms with van der Waals surface area (Å²) in [6, 6.07) is 6.55. The maximum atomic E-state index is 13.8. The van der Waals surface area contributed by atoms with Crippen LogP contribution in [0.3, 0.4) is 0 Å². The maximum absolute atomic E-state index is 13.8. The number of fused-ring (bicyclic) bond motifs is 2. The van der Waals surface area contributed by atoms with Gasteiger partial charge in [-0.05, 0) is 86.7 Å². The molecule has 1 saturated heterocycles. The molecule has 0 atom stereocenters. The second-order valence-electron chi connectivity index (χ2n) is 10.6. The van der Waals surface area contributed by atoms with Crippen LogP contribution in [0.25, 0.3) is 0 Å². The Morgan fingerprint density at radius 1 is 1.15 bits per heavy atom. The minimum Gasteiger partial charge on any atom is -0.336 e. The van der Waals surface area contributed by atoms with E-state index in [-0.39, 0.29) is 12.5 Å². The second kappa shape index (κ2) is 9.84. The molecular weight excluding hydrogens is 458 g/mol. The summed E-state index contributed by atoms with van der Waals surface area (Å²) in [4.78, 5) is 18.2. The summed E-state index contributed by atoms with van der Waals surface area (Å²) in [7, 11) is -3.29. The van der Waals surface area contributed by atoms with Crippen molar-refractivity contribution in [2.24, 2.45) is 11.8 Å². The summed E-state index contributed by atoms with van der Waals surface area (Å²) in [5.41, 5.74) is 1.68. The van der Waals surface area contributed by atoms with Crippen molar-refractivity contribution in [3.63, 3.8) is 0 Å². The molecule has 1 saturated carbocycles. The summed E-state index contributed by atoms with van der Waals surface area (Å²) < 4.78 is 25.5. The standard InChI is InChI=1S/C25H38ClN3O3S/c1-18(2)19-4-7-22(8-5-19)28-13-10-25(11-14-28)23-9-6-21(26)16-20(23)17-29(24(25)30)15-12-27-33(3,31)32/h6,9,16,18-19,22,27H,4-5,7-8,10-15,17H2,1-3H3/t19-,22+. The molecule has 2 heterocycles. The summed E-state index contributed by atoms with van der Waals surface area (Å²) in [5.74, 6) is 1.75. The van der Waals surface area contributed by atoms with Gasteiger partial charge in [0.05, 0.1) is 11.7 Å². The number of carbonyl (C=O) groups is 1. The van der Waals surface area contributed by atoms with Gasteiger partial charge in [0.1, 0.15) is 0 Å². The van der Waals surface area contributed by atoms with Crippen LogP contribution in [0.15, 0.2) is 18.2 Å². The summed E-state index contributed by atoms with van der Waals surface area (Å²) in [6.45, 7) is 7.60. The van der Waals surface area contributed by atoms with Gasteiger partial charge < -0.3 is 9.80 Å². The van der Waals surface area contributed by atoms with E-state index in [0.717, 1.165) is 55.1 Å². The summed E-state index contributed by atoms with van der Waals surface area (Å²) >= 11 is 6.31. The minimum absolute atomic E-state index is 0.135. The molecule has 4 rings (SSSR count). The average molecular weight is 496 g/mol. The molecule has 33 heavy (non-hydrogen) atoms. The van der Waals surface area contributed by atoms with E-state index in [2.05, 4.69) is 23.5 Å². The normalized spacial score (nSPS) is 26.1. The van der Waals surface area contributed by atoms with Crippen molar-refractivity contribution >= 4 is 27.5 Å². The van der Waals surface area contributed by atoms with Gasteiger partial charge in [-0.25, -0.2) is 13.1 Å². The van der Waals surface area contributed by atoms with Gasteiger partial charge in [-0.2, -0.15) is 0 Å². The number of nitrogens with zero attached hydrogens (tertiary/aromatic N) is 2. The van der Waals surface area contributed by atoms with Crippen LogP contribution < -0.4 is 4.72 Å². The maximum Gasteiger partial charge on any atom is 0.233 e. The molecule has 1 amide bonds. The smallest absolute Gasteiger partial charge is 0.233 e. The predicted molar refractivity (Wildman–Crippen MR) is 133 cm³/mol. The molecule has 3 aliphatic rings. The first-order chi connectivity index (χ1) is 15.6. The first-order valence-corrected chi connectivity index (χ1v) is 14.6. The Kier molecular flexibility index (Phi) is 7.44. The van der Waals surface area contributed by atoms with Gasteiger partial charge in [0.25, 0.3) is 0 Å². The molecule has 0 radical (unpaired) electrons. The van der Waals surface area contributed by atoms with Gasteiger partial charge in [0.2, 0.25) is 15.9 Å². The fourth-order valence-corrected chi connectivity index (χ4v) is 6.95. The number of sulfonamides is 1. The van der Waals surface area contributed by atoms with E-state index >= 15 is 0 Å². The van der Waals surface area contributed by atoms with Crippen molar-refractivity contribution in [3.8, 4) is 0 Å². The molecule has 1 aromatic rings. The van der Waals surface area contributed by atoms with E-state index in [4.69, 9.17) is 11.6 Å². The van der Waals surface area contributed by atoms with E-state index in [9.17, 15) is 13.2 Å². The Morgan fingerprint density at radius 3 is 2.42 bits per heavy atom. The third kappa shape index (κ3) is 5.42. The Balaban J connectivity index is 1.49. The monoisotopic (exact) mass is 495 g/mol. The van der Waals surface area contributed by atoms with E-state index in [1.807, 2.05) is 23.1 Å². The van der Waals surface area contributed by atoms with Crippen molar-refractivity contribution in [2.75, 3.05) is 32.4 Å². The Labute approximate surface area is 204 Å². The van der Waals surface area contributed by atoms with Crippen LogP contribution in [-0.4, -0.2) is 62.6 Å². The molecular formula is C25H38ClN3O3S. The lowest BCUT2D eigenvalue weighted by molar-refractivity contribution is -0.142. The fraction of sp³-hybridized carbons (Fsp3) is 0.720. The number of hydrogen-bond donors (Lipinski definition) is 1. The Bertz CT molecular complexity index is 965. The molecule has 6 nitrogen and oxygen atoms in total. The van der Waals surface area contributed by atoms with E-state index in [1.165, 1.54) is 25.7 Å². The van der Waals surface area contributed by atoms with Crippen molar-refractivity contribution in [2.45, 2.75) is 70.4 Å². The average Bonchev–Trinajstić information content (AvgIpc) is 2.77. The first-order valence-electron chi connectivity index (χ1n) is 12.4. The quantitative estimate of drug-likeness (QED) is 0.652. The zero-order valence-electron chi connectivity index (χ0n) is 20.1. The number of halogens is 1. The molecule has 0 aromatic heterocycles. The highest BCUT2D eigenvalue weighted by Gasteiger charge is 2.49. The highest BCUT2D eigenvalue weighted by Crippen LogP contribution is 2.44. The number of likely N-dealkylation sites (tertiary alicyclic amines) is 1. The molecule has 2 aliphatic heterocycles. The second-order valence-corrected chi connectivity index (χ2v) is 12.9. The molecule has 184 valence electrons. The van der Waals surface area contributed by atoms with Gasteiger partial charge in [-0.3, -0.25) is 4.79 Å². The van der Waals surface area contributed by atoms with Crippen LogP contribution in [0.2, 0.25) is 5.02 Å². The van der Waals surface area contributed by atoms with Crippen LogP contribution in [0.1, 0.15) is 63.5 Å². The van der Waals surface area contributed by atoms with Gasteiger partial charge >= 0.3 is 0 Å². The van der Waals surface area contributed by atoms with Gasteiger partial charge in [-0.15, -0.1) is 0 Å². The van der Waals surface area contributed by atoms with Gasteiger partial charge in [-0.1, -0.05) is 31.5 Å². The predicted octanol–water partition coefficient (Wildman–Crippen LogP) is 3.78. The van der Waals surface area contributed by atoms with Crippen molar-refractivity contribution in [3.05, 3.63) is 34.3 Å². The summed E-state index contributed by atoms with van der Waals surface area (Å²) in [5, 5.41) is 0.673. The lowest BCUT2D eigenvalue weighted by Crippen LogP contribution is -2.58. The third-order valence-corrected chi connectivity index (χ3v) is 9.20. The minimum atomic E-state index is -3.29. The SMILES string of the molecule is CC(C)[C@H]1CC[C@@H](N2CCC3(CC2)C(=O)N(CCNS(C)(=O)=O)Cc2cc(Cl)ccc23)CC1. The highest BCUT2D eigenvalue weighted by atomic mass is 35.5. The largest absolute Gasteiger partial charge is 0.336 e. The zero-order valence-corrected chi connectivity index (χ0v) is 21.7. The van der Waals surface area contributed by atoms with E-state index in [0.29, 0.717) is 24.2 Å². The van der Waals surface area contributed by atoms with Gasteiger partial charge in [0, 0.05) is 30.7 Å². The molecule has 0 bridgehead atoms. The van der Waals surface area contributed by atoms with Crippen LogP contribution in [0.4, 0.5) is 0 Å². The Hall–Kier alpha value is -1.15. The number of hydrogen-bond acceptors (Lipinski definition) is 4. The van der Waals surface area contributed by atoms with Crippen LogP contribution >= 0.6 is 11.6 Å². The van der Waals surface area contributed by atoms with Crippen molar-refractivity contribution in [1.29, 1.82) is 0 Å². The van der Waals surface area contributed by atoms with Crippen molar-refractivity contribution < 1.29 is 13.2 Å². The zero-order chi connectivity index (χ0) is 23.8. The number of amides is 1. The molecule has 1 aromatic carbocycles. The van der Waals surface area contributed by atoms with Crippen LogP contribution in [-0.2, 0) is 26.8 Å². The summed E-state index contributed by atoms with van der Waals surface area (Å²) in [6.07, 6.45) is 7.91. The molecule has 2 fully saturated rings. The first kappa shape index (κ1) is 25.0. The molecule has 0 unspecified atom stereocenters. The lowest BCUT2D eigenvalue weighted by atomic mass is 9.67. The number of rotatable bonds is 6. The molecule has 8 heteroatoms. The number of carbonyl (C=O) groups excluding carboxylic acids is 1. The highest BCUT2D eigenvalue weighted by molar-refractivity contribution is 7.88. The molecule has 1 aliphatic carbocycles. The molecule has 1 N–H and O–H groups in total. The topological polar surface area (TPSA) is 69.7 Å². The van der Waals surface area contributed by atoms with Crippen LogP contribution in [0.5, 0.6) is 0 Å². The fourth-order valence-electron chi connectivity index (χ4n) is 6.29. The Morgan fingerprint density at radius 2 is 1.82 bits per heavy atom. The number of benzene rings is 1. The van der Waals surface area contributed by atoms with Gasteiger partial charge in [0.15, 0.2) is 0 Å². The van der Waals surface area contributed by atoms with Crippen LogP contribution in [0, 0.1) is 11.8 Å². The van der Waals surface area contributed by atoms with E-state index < -0.39 is 15.4 Å². The number of piperidine rings is 1. The lowest BCUT2D eigenvalue weighted by Gasteiger charge is -2.49. The van der Waals surface area contributed by atoms with E-state index in [1.54, 1.807) is 0 Å². The van der Waals surface area contributed by atoms with Crippen molar-refractivity contribution in [1.82, 2.24) is 14.5 Å². The molecule has 1 spiro atoms. The third-order valence-electron chi connectivity index (χ3n) is 8.24. The number of nitrogens with one attached hydrogen (secondary N) is 1.